The van der Waals surface area contributed by atoms with Gasteiger partial charge in [-0.05, 0) is 129 Å². The zero-order valence-electron chi connectivity index (χ0n) is 27.5. The van der Waals surface area contributed by atoms with Crippen LogP contribution in [0, 0.1) is 65.1 Å². The third-order valence-electron chi connectivity index (χ3n) is 13.0. The van der Waals surface area contributed by atoms with Crippen molar-refractivity contribution in [2.24, 2.45) is 65.1 Å². The maximum Gasteiger partial charge on any atom is 0.0580 e. The molecule has 0 aromatic carbocycles. The Morgan fingerprint density at radius 3 is 2.42 bits per heavy atom. The predicted molar refractivity (Wildman–Crippen MR) is 183 cm³/mol. The van der Waals surface area contributed by atoms with Gasteiger partial charge in [0.15, 0.2) is 0 Å². The van der Waals surface area contributed by atoms with Gasteiger partial charge in [-0.2, -0.15) is 0 Å². The first-order valence-corrected chi connectivity index (χ1v) is 18.1. The lowest BCUT2D eigenvalue weighted by atomic mass is 9.46. The van der Waals surface area contributed by atoms with E-state index < -0.39 is 0 Å². The standard InChI is InChI=1S/C42H57N/c1-6-12-33-34-17-8-9-18-40(34)43(39(33)7-2)32-16-11-15-31(26-32)42-36-22-20-28(4)24-37(36)41(30-14-10-13-27(3)23-30)35-21-19-29(5)25-38(35)42/h7-11,14-15,17-20,22,27-28,30-32,34-38,40-42H,2,6,12-13,16,21,23-26H2,1,3-5H3/t27?,28?,30?,31?,32-,34?,35?,36?,37?,38+,40-,41?,42?/m1/s1. The van der Waals surface area contributed by atoms with Crippen molar-refractivity contribution >= 4 is 0 Å². The first-order valence-electron chi connectivity index (χ1n) is 18.1. The second-order valence-electron chi connectivity index (χ2n) is 15.8. The van der Waals surface area contributed by atoms with E-state index in [1.807, 2.05) is 0 Å². The Morgan fingerprint density at radius 2 is 1.63 bits per heavy atom. The maximum atomic E-state index is 4.38. The van der Waals surface area contributed by atoms with Gasteiger partial charge in [0.05, 0.1) is 6.04 Å². The van der Waals surface area contributed by atoms with Gasteiger partial charge in [0.1, 0.15) is 0 Å². The Hall–Kier alpha value is -2.28. The van der Waals surface area contributed by atoms with Crippen LogP contribution in [-0.4, -0.2) is 17.0 Å². The molecule has 7 aliphatic rings. The molecule has 7 rings (SSSR count). The third-order valence-corrected chi connectivity index (χ3v) is 13.0. The zero-order chi connectivity index (χ0) is 29.7. The van der Waals surface area contributed by atoms with E-state index in [1.165, 1.54) is 63.5 Å². The summed E-state index contributed by atoms with van der Waals surface area (Å²) >= 11 is 0. The summed E-state index contributed by atoms with van der Waals surface area (Å²) in [6.45, 7) is 14.1. The van der Waals surface area contributed by atoms with E-state index in [1.54, 1.807) is 11.1 Å². The molecular weight excluding hydrogens is 518 g/mol. The molecule has 10 unspecified atom stereocenters. The fraction of sp³-hybridized carbons (Fsp3) is 0.619. The molecule has 43 heavy (non-hydrogen) atoms. The summed E-state index contributed by atoms with van der Waals surface area (Å²) in [4.78, 5) is 2.83. The average molecular weight is 576 g/mol. The molecule has 1 saturated carbocycles. The topological polar surface area (TPSA) is 3.24 Å². The second-order valence-corrected chi connectivity index (χ2v) is 15.8. The minimum Gasteiger partial charge on any atom is -0.361 e. The smallest absolute Gasteiger partial charge is 0.0580 e. The van der Waals surface area contributed by atoms with Crippen LogP contribution in [0.2, 0.25) is 0 Å². The first kappa shape index (κ1) is 29.4. The van der Waals surface area contributed by atoms with Gasteiger partial charge in [0, 0.05) is 17.7 Å². The van der Waals surface area contributed by atoms with E-state index >= 15 is 0 Å². The van der Waals surface area contributed by atoms with Crippen LogP contribution in [-0.2, 0) is 0 Å². The summed E-state index contributed by atoms with van der Waals surface area (Å²) in [6, 6.07) is 1.02. The van der Waals surface area contributed by atoms with Crippen molar-refractivity contribution in [3.05, 3.63) is 96.3 Å². The minimum atomic E-state index is 0.461. The van der Waals surface area contributed by atoms with Gasteiger partial charge in [-0.3, -0.25) is 0 Å². The second kappa shape index (κ2) is 12.3. The van der Waals surface area contributed by atoms with Crippen LogP contribution in [0.25, 0.3) is 0 Å². The number of hydrogen-bond acceptors (Lipinski definition) is 1. The Bertz CT molecular complexity index is 1270. The highest BCUT2D eigenvalue weighted by Gasteiger charge is 2.55. The summed E-state index contributed by atoms with van der Waals surface area (Å²) in [7, 11) is 0. The van der Waals surface area contributed by atoms with Gasteiger partial charge in [0.25, 0.3) is 0 Å². The van der Waals surface area contributed by atoms with Crippen molar-refractivity contribution in [2.75, 3.05) is 0 Å². The molecule has 0 aromatic rings. The Balaban J connectivity index is 1.23. The van der Waals surface area contributed by atoms with Crippen LogP contribution in [0.1, 0.15) is 85.5 Å². The summed E-state index contributed by atoms with van der Waals surface area (Å²) < 4.78 is 0. The largest absolute Gasteiger partial charge is 0.361 e. The van der Waals surface area contributed by atoms with Gasteiger partial charge in [-0.1, -0.05) is 106 Å². The van der Waals surface area contributed by atoms with Gasteiger partial charge >= 0.3 is 0 Å². The molecule has 1 fully saturated rings. The molecule has 0 saturated heterocycles. The first-order chi connectivity index (χ1) is 21.0. The van der Waals surface area contributed by atoms with Gasteiger partial charge in [0.2, 0.25) is 0 Å². The van der Waals surface area contributed by atoms with Gasteiger partial charge < -0.3 is 4.90 Å². The van der Waals surface area contributed by atoms with E-state index in [4.69, 9.17) is 0 Å². The highest BCUT2D eigenvalue weighted by Crippen LogP contribution is 2.61. The highest BCUT2D eigenvalue weighted by molar-refractivity contribution is 5.41. The fourth-order valence-electron chi connectivity index (χ4n) is 11.5. The molecule has 1 nitrogen and oxygen atoms in total. The molecule has 1 heteroatoms. The number of rotatable bonds is 6. The number of allylic oxidation sites excluding steroid dienone is 10. The van der Waals surface area contributed by atoms with Crippen molar-refractivity contribution in [3.63, 3.8) is 0 Å². The number of hydrogen-bond donors (Lipinski definition) is 0. The molecule has 1 heterocycles. The summed E-state index contributed by atoms with van der Waals surface area (Å²) in [5.74, 6) is 8.30. The number of nitrogens with zero attached hydrogens (tertiary/aromatic N) is 1. The van der Waals surface area contributed by atoms with Crippen molar-refractivity contribution in [2.45, 2.75) is 97.6 Å². The quantitative estimate of drug-likeness (QED) is 0.285. The van der Waals surface area contributed by atoms with Gasteiger partial charge in [-0.15, -0.1) is 0 Å². The molecule has 0 amide bonds. The minimum absolute atomic E-state index is 0.461. The Kier molecular flexibility index (Phi) is 8.39. The van der Waals surface area contributed by atoms with Crippen molar-refractivity contribution in [1.82, 2.24) is 4.90 Å². The molecule has 1 aliphatic heterocycles. The van der Waals surface area contributed by atoms with Crippen LogP contribution >= 0.6 is 0 Å². The lowest BCUT2D eigenvalue weighted by Crippen LogP contribution is -2.53. The molecule has 0 spiro atoms. The van der Waals surface area contributed by atoms with Crippen LogP contribution in [0.5, 0.6) is 0 Å². The highest BCUT2D eigenvalue weighted by atomic mass is 15.2. The predicted octanol–water partition coefficient (Wildman–Crippen LogP) is 10.6. The normalized spacial score (nSPS) is 45.1. The zero-order valence-corrected chi connectivity index (χ0v) is 27.5. The lowest BCUT2D eigenvalue weighted by molar-refractivity contribution is -0.0591. The molecule has 0 aromatic heterocycles. The number of fused-ring (bicyclic) bond motifs is 3. The molecular formula is C42H57N. The van der Waals surface area contributed by atoms with Crippen LogP contribution in [0.3, 0.4) is 0 Å². The molecule has 13 atom stereocenters. The Labute approximate surface area is 263 Å². The molecule has 0 radical (unpaired) electrons. The summed E-state index contributed by atoms with van der Waals surface area (Å²) in [6.07, 6.45) is 41.8. The molecule has 6 aliphatic carbocycles. The van der Waals surface area contributed by atoms with E-state index in [-0.39, 0.29) is 0 Å². The van der Waals surface area contributed by atoms with Crippen molar-refractivity contribution < 1.29 is 0 Å². The van der Waals surface area contributed by atoms with E-state index in [9.17, 15) is 0 Å². The third kappa shape index (κ3) is 5.25. The average Bonchev–Trinajstić information content (AvgIpc) is 3.33. The van der Waals surface area contributed by atoms with Crippen molar-refractivity contribution in [1.29, 1.82) is 0 Å². The molecule has 230 valence electrons. The van der Waals surface area contributed by atoms with Crippen LogP contribution in [0.4, 0.5) is 0 Å². The Morgan fingerprint density at radius 1 is 0.837 bits per heavy atom. The van der Waals surface area contributed by atoms with Gasteiger partial charge in [-0.25, -0.2) is 0 Å². The molecule has 0 N–H and O–H groups in total. The van der Waals surface area contributed by atoms with Crippen molar-refractivity contribution in [3.8, 4) is 0 Å². The lowest BCUT2D eigenvalue weighted by Gasteiger charge is -2.59. The van der Waals surface area contributed by atoms with E-state index in [2.05, 4.69) is 112 Å². The SMILES string of the molecule is C=CC1=C(CCC)C2C=CC=C[C@H]2N1[C@@H]1CC=CC(C2C3C=CC(C)CC3C(C3C=CCC(C)C3)C3CC=C(C)C[C@@H]32)C1. The maximum absolute atomic E-state index is 4.38. The monoisotopic (exact) mass is 575 g/mol. The fourth-order valence-corrected chi connectivity index (χ4v) is 11.5. The summed E-state index contributed by atoms with van der Waals surface area (Å²) in [5, 5.41) is 0. The van der Waals surface area contributed by atoms with Crippen LogP contribution in [0.15, 0.2) is 96.3 Å². The van der Waals surface area contributed by atoms with E-state index in [0.717, 1.165) is 47.3 Å². The van der Waals surface area contributed by atoms with Crippen LogP contribution < -0.4 is 0 Å². The summed E-state index contributed by atoms with van der Waals surface area (Å²) in [5.41, 5.74) is 4.73. The van der Waals surface area contributed by atoms with E-state index in [0.29, 0.717) is 29.8 Å². The molecule has 0 bridgehead atoms.